The number of nitrogens with two attached hydrogens (primary N) is 1. The van der Waals surface area contributed by atoms with Crippen LogP contribution < -0.4 is 20.7 Å². The summed E-state index contributed by atoms with van der Waals surface area (Å²) in [6.07, 6.45) is 1.65. The van der Waals surface area contributed by atoms with Crippen LogP contribution in [0.1, 0.15) is 35.1 Å². The zero-order chi connectivity index (χ0) is 27.9. The van der Waals surface area contributed by atoms with Crippen LogP contribution in [0, 0.1) is 5.41 Å². The number of hydrogen-bond acceptors (Lipinski definition) is 8. The van der Waals surface area contributed by atoms with Crippen LogP contribution in [0.3, 0.4) is 0 Å². The molecule has 1 amide bonds. The highest BCUT2D eigenvalue weighted by Crippen LogP contribution is 2.27. The van der Waals surface area contributed by atoms with Crippen LogP contribution in [0.5, 0.6) is 5.75 Å². The van der Waals surface area contributed by atoms with E-state index in [1.165, 1.54) is 4.90 Å². The number of carbonyl (C=O) groups excluding carboxylic acids is 2. The Kier molecular flexibility index (Phi) is 10.0. The molecule has 0 saturated carbocycles. The lowest BCUT2D eigenvalue weighted by atomic mass is 10.1. The summed E-state index contributed by atoms with van der Waals surface area (Å²) in [7, 11) is 3.46. The number of amides is 1. The Hall–Kier alpha value is -4.64. The molecular formula is C28H32ClN7O4. The number of esters is 1. The van der Waals surface area contributed by atoms with Crippen molar-refractivity contribution in [1.82, 2.24) is 14.5 Å². The molecule has 0 unspecified atom stereocenters. The summed E-state index contributed by atoms with van der Waals surface area (Å²) in [5.41, 5.74) is 8.83. The van der Waals surface area contributed by atoms with E-state index in [9.17, 15) is 9.59 Å². The molecule has 4 N–H and O–H groups in total. The second-order valence-corrected chi connectivity index (χ2v) is 8.67. The van der Waals surface area contributed by atoms with Crippen molar-refractivity contribution in [3.05, 3.63) is 77.7 Å². The zero-order valence-electron chi connectivity index (χ0n) is 22.5. The molecule has 0 saturated heterocycles. The van der Waals surface area contributed by atoms with Gasteiger partial charge in [0.2, 0.25) is 0 Å². The van der Waals surface area contributed by atoms with Crippen molar-refractivity contribution < 1.29 is 19.1 Å². The number of nitrogen functional groups attached to an aromatic ring is 1. The number of aromatic nitrogens is 3. The van der Waals surface area contributed by atoms with Gasteiger partial charge in [0.1, 0.15) is 23.2 Å². The van der Waals surface area contributed by atoms with E-state index in [1.807, 2.05) is 17.7 Å². The largest absolute Gasteiger partial charge is 0.495 e. The van der Waals surface area contributed by atoms with Gasteiger partial charge in [0, 0.05) is 30.9 Å². The summed E-state index contributed by atoms with van der Waals surface area (Å²) < 4.78 is 12.4. The van der Waals surface area contributed by atoms with Gasteiger partial charge in [-0.25, -0.2) is 9.97 Å². The third-order valence-electron chi connectivity index (χ3n) is 6.19. The fourth-order valence-corrected chi connectivity index (χ4v) is 4.15. The van der Waals surface area contributed by atoms with E-state index < -0.39 is 0 Å². The first kappa shape index (κ1) is 29.9. The average molecular weight is 566 g/mol. The Balaban J connectivity index is 0.00000441. The van der Waals surface area contributed by atoms with Crippen molar-refractivity contribution in [2.24, 2.45) is 12.8 Å². The van der Waals surface area contributed by atoms with Crippen LogP contribution in [0.4, 0.5) is 11.5 Å². The minimum atomic E-state index is -0.379. The van der Waals surface area contributed by atoms with E-state index in [1.54, 1.807) is 68.8 Å². The maximum atomic E-state index is 13.6. The highest BCUT2D eigenvalue weighted by atomic mass is 35.5. The highest BCUT2D eigenvalue weighted by molar-refractivity contribution is 6.07. The Bertz CT molecular complexity index is 1510. The van der Waals surface area contributed by atoms with E-state index in [4.69, 9.17) is 25.6 Å². The van der Waals surface area contributed by atoms with E-state index in [0.29, 0.717) is 34.8 Å². The molecule has 0 fully saturated rings. The molecule has 0 aliphatic heterocycles. The zero-order valence-corrected chi connectivity index (χ0v) is 23.3. The van der Waals surface area contributed by atoms with Gasteiger partial charge in [-0.1, -0.05) is 6.07 Å². The van der Waals surface area contributed by atoms with Crippen molar-refractivity contribution in [3.8, 4) is 5.75 Å². The molecule has 210 valence electrons. The van der Waals surface area contributed by atoms with Crippen LogP contribution >= 0.6 is 12.4 Å². The van der Waals surface area contributed by atoms with Crippen LogP contribution in [0.25, 0.3) is 11.0 Å². The van der Waals surface area contributed by atoms with Gasteiger partial charge in [-0.3, -0.25) is 19.9 Å². The lowest BCUT2D eigenvalue weighted by molar-refractivity contribution is -0.142. The van der Waals surface area contributed by atoms with Crippen LogP contribution in [0.15, 0.2) is 60.8 Å². The number of nitrogens with zero attached hydrogens (tertiary/aromatic N) is 4. The van der Waals surface area contributed by atoms with Gasteiger partial charge in [0.15, 0.2) is 0 Å². The SMILES string of the molecule is CCOC(=O)CCN(C(=O)c1ccc2c(c1)nc(CNc1ccc(C(=N)N)cc1OC)n2C)c1ccccn1.Cl. The second kappa shape index (κ2) is 13.4. The lowest BCUT2D eigenvalue weighted by Gasteiger charge is -2.21. The van der Waals surface area contributed by atoms with E-state index in [2.05, 4.69) is 10.3 Å². The number of fused-ring (bicyclic) bond motifs is 1. The van der Waals surface area contributed by atoms with Crippen molar-refractivity contribution in [2.45, 2.75) is 19.9 Å². The van der Waals surface area contributed by atoms with Crippen molar-refractivity contribution in [1.29, 1.82) is 5.41 Å². The Morgan fingerprint density at radius 1 is 1.12 bits per heavy atom. The molecule has 0 aliphatic rings. The average Bonchev–Trinajstić information content (AvgIpc) is 3.26. The first-order valence-electron chi connectivity index (χ1n) is 12.4. The van der Waals surface area contributed by atoms with Gasteiger partial charge in [0.25, 0.3) is 5.91 Å². The molecule has 12 heteroatoms. The minimum Gasteiger partial charge on any atom is -0.495 e. The third kappa shape index (κ3) is 6.67. The van der Waals surface area contributed by atoms with Gasteiger partial charge in [-0.2, -0.15) is 0 Å². The van der Waals surface area contributed by atoms with Gasteiger partial charge in [-0.15, -0.1) is 12.4 Å². The van der Waals surface area contributed by atoms with E-state index in [0.717, 1.165) is 17.0 Å². The van der Waals surface area contributed by atoms with Gasteiger partial charge in [-0.05, 0) is 55.5 Å². The lowest BCUT2D eigenvalue weighted by Crippen LogP contribution is -2.34. The molecule has 0 radical (unpaired) electrons. The molecule has 11 nitrogen and oxygen atoms in total. The number of aryl methyl sites for hydroxylation is 1. The molecule has 4 rings (SSSR count). The third-order valence-corrected chi connectivity index (χ3v) is 6.19. The molecule has 0 aliphatic carbocycles. The molecule has 0 atom stereocenters. The number of carbonyl (C=O) groups is 2. The smallest absolute Gasteiger partial charge is 0.307 e. The molecule has 0 spiro atoms. The fraction of sp³-hybridized carbons (Fsp3) is 0.250. The number of rotatable bonds is 11. The van der Waals surface area contributed by atoms with E-state index in [-0.39, 0.29) is 49.7 Å². The second-order valence-electron chi connectivity index (χ2n) is 8.67. The van der Waals surface area contributed by atoms with Gasteiger partial charge in [0.05, 0.1) is 43.4 Å². The van der Waals surface area contributed by atoms with Crippen molar-refractivity contribution >= 4 is 52.7 Å². The molecule has 40 heavy (non-hydrogen) atoms. The highest BCUT2D eigenvalue weighted by Gasteiger charge is 2.21. The number of benzene rings is 2. The summed E-state index contributed by atoms with van der Waals surface area (Å²) >= 11 is 0. The first-order valence-corrected chi connectivity index (χ1v) is 12.4. The topological polar surface area (TPSA) is 148 Å². The number of amidine groups is 1. The number of pyridine rings is 1. The number of halogens is 1. The molecule has 0 bridgehead atoms. The van der Waals surface area contributed by atoms with Crippen LogP contribution in [0.2, 0.25) is 0 Å². The summed E-state index contributed by atoms with van der Waals surface area (Å²) in [4.78, 5) is 36.1. The normalized spacial score (nSPS) is 10.5. The number of hydrogen-bond donors (Lipinski definition) is 3. The summed E-state index contributed by atoms with van der Waals surface area (Å²) in [6, 6.07) is 15.9. The molecular weight excluding hydrogens is 534 g/mol. The predicted molar refractivity (Wildman–Crippen MR) is 156 cm³/mol. The number of imidazole rings is 1. The number of anilines is 2. The Labute approximate surface area is 238 Å². The molecule has 2 heterocycles. The number of methoxy groups -OCH3 is 1. The van der Waals surface area contributed by atoms with Gasteiger partial charge < -0.3 is 25.1 Å². The molecule has 2 aromatic carbocycles. The standard InChI is InChI=1S/C28H31N7O4.ClH/c1-4-39-26(36)12-14-35(24-7-5-6-13-31-24)28(37)19-9-11-22-21(15-19)33-25(34(22)2)17-32-20-10-8-18(27(29)30)16-23(20)38-3;/h5-11,13,15-16,32H,4,12,14,17H2,1-3H3,(H3,29,30);1H. The van der Waals surface area contributed by atoms with Crippen molar-refractivity contribution in [2.75, 3.05) is 30.5 Å². The van der Waals surface area contributed by atoms with Gasteiger partial charge >= 0.3 is 5.97 Å². The quantitative estimate of drug-likeness (QED) is 0.141. The summed E-state index contributed by atoms with van der Waals surface area (Å²) in [5.74, 6) is 1.05. The Morgan fingerprint density at radius 3 is 2.58 bits per heavy atom. The fourth-order valence-electron chi connectivity index (χ4n) is 4.15. The van der Waals surface area contributed by atoms with Crippen LogP contribution in [-0.2, 0) is 23.1 Å². The molecule has 4 aromatic rings. The number of ether oxygens (including phenoxy) is 2. The monoisotopic (exact) mass is 565 g/mol. The van der Waals surface area contributed by atoms with E-state index >= 15 is 0 Å². The summed E-state index contributed by atoms with van der Waals surface area (Å²) in [5, 5.41) is 10.9. The Morgan fingerprint density at radius 2 is 1.90 bits per heavy atom. The predicted octanol–water partition coefficient (Wildman–Crippen LogP) is 3.89. The maximum Gasteiger partial charge on any atom is 0.307 e. The molecule has 2 aromatic heterocycles. The number of nitrogens with one attached hydrogen (secondary N) is 2. The van der Waals surface area contributed by atoms with Crippen molar-refractivity contribution in [3.63, 3.8) is 0 Å². The summed E-state index contributed by atoms with van der Waals surface area (Å²) in [6.45, 7) is 2.55. The minimum absolute atomic E-state index is 0. The maximum absolute atomic E-state index is 13.6. The first-order chi connectivity index (χ1) is 18.8. The van der Waals surface area contributed by atoms with Crippen LogP contribution in [-0.4, -0.2) is 52.5 Å².